The molecule has 1 amide bonds. The fraction of sp³-hybridized carbons (Fsp3) is 0.208. The van der Waals surface area contributed by atoms with Crippen LogP contribution in [0.3, 0.4) is 0 Å². The molecule has 1 atom stereocenters. The van der Waals surface area contributed by atoms with Gasteiger partial charge in [-0.15, -0.1) is 0 Å². The molecule has 0 spiro atoms. The maximum absolute atomic E-state index is 12.6. The largest absolute Gasteiger partial charge is 0.490 e. The maximum atomic E-state index is 12.6. The van der Waals surface area contributed by atoms with E-state index in [0.29, 0.717) is 36.8 Å². The average Bonchev–Trinajstić information content (AvgIpc) is 2.77. The quantitative estimate of drug-likeness (QED) is 0.497. The Kier molecular flexibility index (Phi) is 7.52. The molecule has 29 heavy (non-hydrogen) atoms. The van der Waals surface area contributed by atoms with Gasteiger partial charge in [0.2, 0.25) is 0 Å². The standard InChI is InChI=1S/C24H25NO4/c1-2-23(29-21-13-7-4-8-14-21)24(26)25-19-10-9-15-22(18-19)28-17-16-27-20-11-5-3-6-12-20/h3-15,18,23H,2,16-17H2,1H3,(H,25,26). The van der Waals surface area contributed by atoms with Crippen molar-refractivity contribution in [2.45, 2.75) is 19.4 Å². The van der Waals surface area contributed by atoms with Crippen LogP contribution in [-0.4, -0.2) is 25.2 Å². The van der Waals surface area contributed by atoms with Crippen molar-refractivity contribution in [3.05, 3.63) is 84.9 Å². The van der Waals surface area contributed by atoms with Gasteiger partial charge in [0.1, 0.15) is 30.5 Å². The Hall–Kier alpha value is -3.47. The summed E-state index contributed by atoms with van der Waals surface area (Å²) in [5, 5.41) is 2.89. The third-order valence-corrected chi connectivity index (χ3v) is 4.15. The third kappa shape index (κ3) is 6.57. The molecule has 3 aromatic carbocycles. The van der Waals surface area contributed by atoms with E-state index in [1.54, 1.807) is 6.07 Å². The highest BCUT2D eigenvalue weighted by Crippen LogP contribution is 2.19. The van der Waals surface area contributed by atoms with E-state index in [1.165, 1.54) is 0 Å². The molecule has 0 saturated carbocycles. The number of anilines is 1. The maximum Gasteiger partial charge on any atom is 0.265 e. The first kappa shape index (κ1) is 20.3. The van der Waals surface area contributed by atoms with Gasteiger partial charge in [0.05, 0.1) is 0 Å². The van der Waals surface area contributed by atoms with E-state index >= 15 is 0 Å². The summed E-state index contributed by atoms with van der Waals surface area (Å²) < 4.78 is 17.1. The predicted molar refractivity (Wildman–Crippen MR) is 114 cm³/mol. The highest BCUT2D eigenvalue weighted by atomic mass is 16.5. The van der Waals surface area contributed by atoms with Crippen molar-refractivity contribution in [3.63, 3.8) is 0 Å². The monoisotopic (exact) mass is 391 g/mol. The lowest BCUT2D eigenvalue weighted by atomic mass is 10.2. The molecule has 0 radical (unpaired) electrons. The van der Waals surface area contributed by atoms with Gasteiger partial charge in [-0.1, -0.05) is 49.4 Å². The van der Waals surface area contributed by atoms with Crippen LogP contribution in [-0.2, 0) is 4.79 Å². The summed E-state index contributed by atoms with van der Waals surface area (Å²) in [5.41, 5.74) is 0.659. The normalized spacial score (nSPS) is 11.3. The molecule has 0 aliphatic carbocycles. The summed E-state index contributed by atoms with van der Waals surface area (Å²) >= 11 is 0. The van der Waals surface area contributed by atoms with Crippen LogP contribution in [0, 0.1) is 0 Å². The van der Waals surface area contributed by atoms with Crippen LogP contribution in [0.4, 0.5) is 5.69 Å². The summed E-state index contributed by atoms with van der Waals surface area (Å²) in [7, 11) is 0. The Morgan fingerprint density at radius 1 is 0.793 bits per heavy atom. The van der Waals surface area contributed by atoms with Crippen LogP contribution >= 0.6 is 0 Å². The van der Waals surface area contributed by atoms with Crippen LogP contribution in [0.15, 0.2) is 84.9 Å². The van der Waals surface area contributed by atoms with Crippen LogP contribution in [0.25, 0.3) is 0 Å². The van der Waals surface area contributed by atoms with Gasteiger partial charge in [0.25, 0.3) is 5.91 Å². The summed E-state index contributed by atoms with van der Waals surface area (Å²) in [5.74, 6) is 1.95. The van der Waals surface area contributed by atoms with E-state index in [2.05, 4.69) is 5.32 Å². The molecule has 0 aliphatic heterocycles. The molecule has 3 rings (SSSR count). The van der Waals surface area contributed by atoms with Crippen molar-refractivity contribution in [2.75, 3.05) is 18.5 Å². The SMILES string of the molecule is CCC(Oc1ccccc1)C(=O)Nc1cccc(OCCOc2ccccc2)c1. The van der Waals surface area contributed by atoms with E-state index in [0.717, 1.165) is 5.75 Å². The number of carbonyl (C=O) groups excluding carboxylic acids is 1. The molecule has 0 heterocycles. The first-order chi connectivity index (χ1) is 14.2. The molecule has 150 valence electrons. The lowest BCUT2D eigenvalue weighted by Gasteiger charge is -2.17. The molecule has 5 heteroatoms. The average molecular weight is 391 g/mol. The predicted octanol–water partition coefficient (Wildman–Crippen LogP) is 4.94. The van der Waals surface area contributed by atoms with Crippen molar-refractivity contribution < 1.29 is 19.0 Å². The van der Waals surface area contributed by atoms with Gasteiger partial charge in [-0.25, -0.2) is 0 Å². The minimum atomic E-state index is -0.568. The molecule has 0 fully saturated rings. The molecule has 0 aromatic heterocycles. The van der Waals surface area contributed by atoms with Gasteiger partial charge in [0, 0.05) is 11.8 Å². The minimum absolute atomic E-state index is 0.194. The fourth-order valence-corrected chi connectivity index (χ4v) is 2.71. The number of para-hydroxylation sites is 2. The van der Waals surface area contributed by atoms with Gasteiger partial charge < -0.3 is 19.5 Å². The van der Waals surface area contributed by atoms with Gasteiger partial charge in [-0.05, 0) is 42.8 Å². The number of rotatable bonds is 10. The smallest absolute Gasteiger partial charge is 0.265 e. The Morgan fingerprint density at radius 2 is 1.38 bits per heavy atom. The first-order valence-electron chi connectivity index (χ1n) is 9.68. The Morgan fingerprint density at radius 3 is 2.03 bits per heavy atom. The summed E-state index contributed by atoms with van der Waals surface area (Å²) in [4.78, 5) is 12.6. The van der Waals surface area contributed by atoms with Crippen molar-refractivity contribution in [1.29, 1.82) is 0 Å². The lowest BCUT2D eigenvalue weighted by molar-refractivity contribution is -0.122. The zero-order valence-corrected chi connectivity index (χ0v) is 16.4. The Balaban J connectivity index is 1.49. The van der Waals surface area contributed by atoms with Crippen LogP contribution in [0.2, 0.25) is 0 Å². The second kappa shape index (κ2) is 10.8. The van der Waals surface area contributed by atoms with Crippen molar-refractivity contribution in [1.82, 2.24) is 0 Å². The van der Waals surface area contributed by atoms with E-state index in [-0.39, 0.29) is 5.91 Å². The van der Waals surface area contributed by atoms with E-state index in [1.807, 2.05) is 85.8 Å². The molecule has 1 N–H and O–H groups in total. The second-order valence-corrected chi connectivity index (χ2v) is 6.35. The van der Waals surface area contributed by atoms with Crippen molar-refractivity contribution in [3.8, 4) is 17.2 Å². The molecule has 0 saturated heterocycles. The van der Waals surface area contributed by atoms with E-state index < -0.39 is 6.10 Å². The zero-order chi connectivity index (χ0) is 20.3. The number of nitrogens with one attached hydrogen (secondary N) is 1. The molecule has 1 unspecified atom stereocenters. The van der Waals surface area contributed by atoms with Gasteiger partial charge in [-0.3, -0.25) is 4.79 Å². The van der Waals surface area contributed by atoms with Gasteiger partial charge >= 0.3 is 0 Å². The number of amides is 1. The topological polar surface area (TPSA) is 56.8 Å². The first-order valence-corrected chi connectivity index (χ1v) is 9.68. The summed E-state index contributed by atoms with van der Waals surface area (Å²) in [6.07, 6.45) is -0.00505. The van der Waals surface area contributed by atoms with Crippen LogP contribution < -0.4 is 19.5 Å². The van der Waals surface area contributed by atoms with E-state index in [9.17, 15) is 4.79 Å². The summed E-state index contributed by atoms with van der Waals surface area (Å²) in [6, 6.07) is 26.2. The van der Waals surface area contributed by atoms with Crippen LogP contribution in [0.5, 0.6) is 17.2 Å². The molecule has 0 aliphatic rings. The second-order valence-electron chi connectivity index (χ2n) is 6.35. The van der Waals surface area contributed by atoms with E-state index in [4.69, 9.17) is 14.2 Å². The molecule has 5 nitrogen and oxygen atoms in total. The fourth-order valence-electron chi connectivity index (χ4n) is 2.71. The van der Waals surface area contributed by atoms with Crippen LogP contribution in [0.1, 0.15) is 13.3 Å². The highest BCUT2D eigenvalue weighted by Gasteiger charge is 2.18. The Labute approximate surface area is 171 Å². The molecular formula is C24H25NO4. The number of benzene rings is 3. The third-order valence-electron chi connectivity index (χ3n) is 4.15. The molecule has 0 bridgehead atoms. The number of hydrogen-bond donors (Lipinski definition) is 1. The molecular weight excluding hydrogens is 366 g/mol. The van der Waals surface area contributed by atoms with Gasteiger partial charge in [0.15, 0.2) is 6.10 Å². The Bertz CT molecular complexity index is 884. The summed E-state index contributed by atoms with van der Waals surface area (Å²) in [6.45, 7) is 2.75. The number of ether oxygens (including phenoxy) is 3. The minimum Gasteiger partial charge on any atom is -0.490 e. The number of hydrogen-bond acceptors (Lipinski definition) is 4. The van der Waals surface area contributed by atoms with Crippen molar-refractivity contribution >= 4 is 11.6 Å². The number of carbonyl (C=O) groups is 1. The highest BCUT2D eigenvalue weighted by molar-refractivity contribution is 5.94. The lowest BCUT2D eigenvalue weighted by Crippen LogP contribution is -2.32. The van der Waals surface area contributed by atoms with Crippen molar-refractivity contribution in [2.24, 2.45) is 0 Å². The van der Waals surface area contributed by atoms with Gasteiger partial charge in [-0.2, -0.15) is 0 Å². The zero-order valence-electron chi connectivity index (χ0n) is 16.4. The molecule has 3 aromatic rings.